The first-order valence-corrected chi connectivity index (χ1v) is 15.7. The van der Waals surface area contributed by atoms with Gasteiger partial charge in [0.1, 0.15) is 0 Å². The van der Waals surface area contributed by atoms with Crippen LogP contribution in [0.5, 0.6) is 0 Å². The normalized spacial score (nSPS) is 14.1. The molecule has 200 valence electrons. The molecular weight excluding hydrogens is 539 g/mol. The minimum Gasteiger partial charge on any atom is -0.354 e. The molecule has 1 aliphatic heterocycles. The van der Waals surface area contributed by atoms with Crippen molar-refractivity contribution in [1.82, 2.24) is 4.98 Å². The Morgan fingerprint density at radius 3 is 1.91 bits per heavy atom. The molecule has 1 nitrogen and oxygen atoms in total. The molecule has 0 amide bonds. The van der Waals surface area contributed by atoms with Crippen LogP contribution in [-0.4, -0.2) is 4.98 Å². The Morgan fingerprint density at radius 1 is 0.442 bits per heavy atom. The van der Waals surface area contributed by atoms with Gasteiger partial charge in [-0.3, -0.25) is 0 Å². The second kappa shape index (κ2) is 8.50. The lowest BCUT2D eigenvalue weighted by Crippen LogP contribution is -2.31. The molecular formula is C41H25NS. The van der Waals surface area contributed by atoms with Gasteiger partial charge in [-0.15, -0.1) is 0 Å². The molecule has 0 atom stereocenters. The van der Waals surface area contributed by atoms with E-state index < -0.39 is 0 Å². The van der Waals surface area contributed by atoms with Crippen LogP contribution in [-0.2, 0) is 5.41 Å². The zero-order valence-electron chi connectivity index (χ0n) is 23.3. The van der Waals surface area contributed by atoms with E-state index in [0.29, 0.717) is 0 Å². The molecule has 0 radical (unpaired) electrons. The Kier molecular flexibility index (Phi) is 4.65. The Balaban J connectivity index is 1.27. The van der Waals surface area contributed by atoms with E-state index in [1.165, 1.54) is 86.9 Å². The maximum Gasteiger partial charge on any atom is 0.0735 e. The fourth-order valence-corrected chi connectivity index (χ4v) is 9.08. The Bertz CT molecular complexity index is 2400. The highest BCUT2D eigenvalue weighted by Crippen LogP contribution is 2.62. The third-order valence-electron chi connectivity index (χ3n) is 9.67. The lowest BCUT2D eigenvalue weighted by Gasteiger charge is -2.39. The number of hydrogen-bond donors (Lipinski definition) is 1. The zero-order chi connectivity index (χ0) is 28.1. The topological polar surface area (TPSA) is 15.8 Å². The maximum atomic E-state index is 3.67. The zero-order valence-corrected chi connectivity index (χ0v) is 24.1. The molecule has 1 N–H and O–H groups in total. The van der Waals surface area contributed by atoms with E-state index in [4.69, 9.17) is 0 Å². The van der Waals surface area contributed by atoms with Gasteiger partial charge in [-0.2, -0.15) is 0 Å². The number of aromatic nitrogens is 1. The van der Waals surface area contributed by atoms with Gasteiger partial charge in [0.15, 0.2) is 0 Å². The summed E-state index contributed by atoms with van der Waals surface area (Å²) in [6, 6.07) is 54.2. The van der Waals surface area contributed by atoms with Crippen LogP contribution in [0, 0.1) is 0 Å². The van der Waals surface area contributed by atoms with Crippen molar-refractivity contribution < 1.29 is 0 Å². The summed E-state index contributed by atoms with van der Waals surface area (Å²) in [7, 11) is 0. The minimum absolute atomic E-state index is 0.360. The number of rotatable bonds is 1. The van der Waals surface area contributed by atoms with Gasteiger partial charge < -0.3 is 4.98 Å². The summed E-state index contributed by atoms with van der Waals surface area (Å²) >= 11 is 1.89. The third kappa shape index (κ3) is 3.03. The summed E-state index contributed by atoms with van der Waals surface area (Å²) in [6.07, 6.45) is 0. The lowest BCUT2D eigenvalue weighted by molar-refractivity contribution is 0.722. The molecule has 0 saturated heterocycles. The van der Waals surface area contributed by atoms with Gasteiger partial charge in [0.05, 0.1) is 5.41 Å². The Labute approximate surface area is 253 Å². The predicted molar refractivity (Wildman–Crippen MR) is 180 cm³/mol. The van der Waals surface area contributed by atoms with E-state index in [-0.39, 0.29) is 5.41 Å². The van der Waals surface area contributed by atoms with Crippen molar-refractivity contribution in [2.75, 3.05) is 0 Å². The van der Waals surface area contributed by atoms with Crippen molar-refractivity contribution in [2.24, 2.45) is 0 Å². The second-order valence-electron chi connectivity index (χ2n) is 11.7. The predicted octanol–water partition coefficient (Wildman–Crippen LogP) is 11.0. The van der Waals surface area contributed by atoms with Crippen molar-refractivity contribution in [3.05, 3.63) is 168 Å². The first-order chi connectivity index (χ1) is 21.3. The average Bonchev–Trinajstić information content (AvgIpc) is 3.59. The Hall–Kier alpha value is -5.05. The van der Waals surface area contributed by atoms with Crippen LogP contribution in [0.3, 0.4) is 0 Å². The highest BCUT2D eigenvalue weighted by atomic mass is 32.2. The van der Waals surface area contributed by atoms with Crippen LogP contribution in [0.4, 0.5) is 0 Å². The van der Waals surface area contributed by atoms with Gasteiger partial charge in [0.25, 0.3) is 0 Å². The number of hydrogen-bond acceptors (Lipinski definition) is 1. The van der Waals surface area contributed by atoms with Crippen LogP contribution < -0.4 is 0 Å². The van der Waals surface area contributed by atoms with Gasteiger partial charge in [-0.05, 0) is 91.7 Å². The van der Waals surface area contributed by atoms with Crippen LogP contribution in [0.25, 0.3) is 54.8 Å². The summed E-state index contributed by atoms with van der Waals surface area (Å²) in [5.41, 5.74) is 12.6. The Morgan fingerprint density at radius 2 is 1.07 bits per heavy atom. The molecule has 10 rings (SSSR count). The van der Waals surface area contributed by atoms with E-state index in [1.807, 2.05) is 11.8 Å². The van der Waals surface area contributed by atoms with E-state index in [2.05, 4.69) is 151 Å². The average molecular weight is 564 g/mol. The van der Waals surface area contributed by atoms with Crippen molar-refractivity contribution in [2.45, 2.75) is 15.2 Å². The molecule has 2 heteroatoms. The van der Waals surface area contributed by atoms with E-state index >= 15 is 0 Å². The summed E-state index contributed by atoms with van der Waals surface area (Å²) in [4.78, 5) is 6.34. The monoisotopic (exact) mass is 563 g/mol. The van der Waals surface area contributed by atoms with Gasteiger partial charge in [-0.1, -0.05) is 121 Å². The third-order valence-corrected chi connectivity index (χ3v) is 10.8. The number of nitrogens with one attached hydrogen (secondary N) is 1. The molecule has 0 unspecified atom stereocenters. The molecule has 8 aromatic rings. The van der Waals surface area contributed by atoms with Crippen LogP contribution in [0.15, 0.2) is 155 Å². The molecule has 2 heterocycles. The van der Waals surface area contributed by atoms with Crippen LogP contribution in [0.1, 0.15) is 22.3 Å². The van der Waals surface area contributed by atoms with Crippen molar-refractivity contribution in [3.63, 3.8) is 0 Å². The smallest absolute Gasteiger partial charge is 0.0735 e. The molecule has 0 fully saturated rings. The van der Waals surface area contributed by atoms with E-state index in [1.54, 1.807) is 0 Å². The number of benzene rings is 7. The molecule has 1 spiro atoms. The van der Waals surface area contributed by atoms with Crippen molar-refractivity contribution in [1.29, 1.82) is 0 Å². The summed E-state index contributed by atoms with van der Waals surface area (Å²) in [6.45, 7) is 0. The van der Waals surface area contributed by atoms with Gasteiger partial charge in [-0.25, -0.2) is 0 Å². The van der Waals surface area contributed by atoms with Crippen LogP contribution in [0.2, 0.25) is 0 Å². The number of H-pyrrole nitrogens is 1. The largest absolute Gasteiger partial charge is 0.354 e. The second-order valence-corrected chi connectivity index (χ2v) is 12.8. The molecule has 43 heavy (non-hydrogen) atoms. The van der Waals surface area contributed by atoms with E-state index in [9.17, 15) is 0 Å². The van der Waals surface area contributed by atoms with E-state index in [0.717, 1.165) is 0 Å². The lowest BCUT2D eigenvalue weighted by atomic mass is 9.67. The van der Waals surface area contributed by atoms with Gasteiger partial charge >= 0.3 is 0 Å². The fourth-order valence-electron chi connectivity index (χ4n) is 7.88. The highest BCUT2D eigenvalue weighted by molar-refractivity contribution is 7.99. The standard InChI is InChI=1S/C41H25NS/c1-2-10-28-25(9-1)18-22-37-40(28)31-23-26(19-21-36(31)42-37)27-17-20-30-29-11-3-4-12-32(29)41(35(30)24-27)33-13-5-7-15-38(33)43-39-16-8-6-14-34(39)41/h1-24,42H. The highest BCUT2D eigenvalue weighted by Gasteiger charge is 2.50. The first kappa shape index (κ1) is 23.5. The van der Waals surface area contributed by atoms with Crippen molar-refractivity contribution in [3.8, 4) is 22.3 Å². The molecule has 1 aliphatic carbocycles. The van der Waals surface area contributed by atoms with Crippen molar-refractivity contribution >= 4 is 44.3 Å². The molecule has 1 aromatic heterocycles. The van der Waals surface area contributed by atoms with Gasteiger partial charge in [0, 0.05) is 31.6 Å². The first-order valence-electron chi connectivity index (χ1n) is 14.9. The summed E-state index contributed by atoms with van der Waals surface area (Å²) in [5, 5.41) is 5.13. The maximum absolute atomic E-state index is 3.67. The molecule has 0 saturated carbocycles. The van der Waals surface area contributed by atoms with Crippen LogP contribution >= 0.6 is 11.8 Å². The number of aromatic amines is 1. The fraction of sp³-hybridized carbons (Fsp3) is 0.0244. The summed E-state index contributed by atoms with van der Waals surface area (Å²) < 4.78 is 0. The molecule has 0 bridgehead atoms. The minimum atomic E-state index is -0.360. The van der Waals surface area contributed by atoms with Gasteiger partial charge in [0.2, 0.25) is 0 Å². The SMILES string of the molecule is c1ccc2c(c1)Sc1ccccc1C21c2ccccc2-c2ccc(-c3ccc4[nH]c5ccc6ccccc6c5c4c3)cc21. The molecule has 7 aromatic carbocycles. The molecule has 2 aliphatic rings. The number of fused-ring (bicyclic) bond motifs is 14. The summed E-state index contributed by atoms with van der Waals surface area (Å²) in [5.74, 6) is 0. The quantitative estimate of drug-likeness (QED) is 0.210.